The van der Waals surface area contributed by atoms with Gasteiger partial charge in [-0.15, -0.1) is 0 Å². The fourth-order valence-electron chi connectivity index (χ4n) is 11.2. The van der Waals surface area contributed by atoms with E-state index in [0.29, 0.717) is 26.0 Å². The summed E-state index contributed by atoms with van der Waals surface area (Å²) in [5.74, 6) is -1.00. The number of hydrogen-bond acceptors (Lipinski definition) is 8. The molecule has 67 heavy (non-hydrogen) atoms. The molecule has 5 aliphatic heterocycles. The molecule has 0 spiro atoms. The zero-order valence-corrected chi connectivity index (χ0v) is 40.9. The maximum Gasteiger partial charge on any atom is 0.306 e. The van der Waals surface area contributed by atoms with Gasteiger partial charge in [-0.2, -0.15) is 0 Å². The average Bonchev–Trinajstić information content (AvgIpc) is 4.17. The van der Waals surface area contributed by atoms with E-state index in [1.165, 1.54) is 18.2 Å². The van der Waals surface area contributed by atoms with E-state index in [1.807, 2.05) is 37.8 Å². The second-order valence-electron chi connectivity index (χ2n) is 21.3. The van der Waals surface area contributed by atoms with E-state index in [2.05, 4.69) is 91.3 Å². The molecule has 5 heterocycles. The van der Waals surface area contributed by atoms with Gasteiger partial charge in [0, 0.05) is 62.7 Å². The first-order valence-electron chi connectivity index (χ1n) is 24.5. The molecule has 2 amide bonds. The molecule has 5 aliphatic rings. The average molecular weight is 912 g/mol. The minimum atomic E-state index is -0.475. The zero-order valence-electron chi connectivity index (χ0n) is 40.9. The third kappa shape index (κ3) is 10.4. The lowest BCUT2D eigenvalue weighted by Crippen LogP contribution is -2.47. The Morgan fingerprint density at radius 3 is 1.54 bits per heavy atom. The van der Waals surface area contributed by atoms with Crippen LogP contribution in [0.15, 0.2) is 94.9 Å². The maximum atomic E-state index is 14.3. The SMILES string of the molecule is COCC[C@H](C(=O)N1CCC[C@H]1C1=NC(c2ccc(C3CCC(c4ccc(C5=CCC([C@@H]6CCCN6C(=O)[C@@H](CC(=O)OC)C(C)(C)C)=N5)cc4)N3c3ccc(F)cc3)cc2)=CC1)C(C)(C)C. The van der Waals surface area contributed by atoms with Crippen LogP contribution in [-0.2, 0) is 23.9 Å². The Bertz CT molecular complexity index is 2410. The summed E-state index contributed by atoms with van der Waals surface area (Å²) in [7, 11) is 3.07. The topological polar surface area (TPSA) is 104 Å². The minimum Gasteiger partial charge on any atom is -0.469 e. The highest BCUT2D eigenvalue weighted by atomic mass is 19.1. The number of benzene rings is 3. The predicted molar refractivity (Wildman–Crippen MR) is 265 cm³/mol. The summed E-state index contributed by atoms with van der Waals surface area (Å²) >= 11 is 0. The number of carbonyl (C=O) groups is 3. The second kappa shape index (κ2) is 20.0. The van der Waals surface area contributed by atoms with E-state index in [-0.39, 0.29) is 65.5 Å². The lowest BCUT2D eigenvalue weighted by atomic mass is 9.77. The Kier molecular flexibility index (Phi) is 14.4. The Morgan fingerprint density at radius 1 is 0.642 bits per heavy atom. The number of anilines is 1. The second-order valence-corrected chi connectivity index (χ2v) is 21.3. The number of esters is 1. The largest absolute Gasteiger partial charge is 0.469 e. The van der Waals surface area contributed by atoms with Gasteiger partial charge >= 0.3 is 5.97 Å². The van der Waals surface area contributed by atoms with Crippen LogP contribution in [0.1, 0.15) is 140 Å². The quantitative estimate of drug-likeness (QED) is 0.149. The van der Waals surface area contributed by atoms with Crippen LogP contribution in [0.4, 0.5) is 10.1 Å². The third-order valence-electron chi connectivity index (χ3n) is 15.0. The van der Waals surface area contributed by atoms with E-state index in [9.17, 15) is 18.8 Å². The van der Waals surface area contributed by atoms with Crippen molar-refractivity contribution >= 4 is 46.3 Å². The predicted octanol–water partition coefficient (Wildman–Crippen LogP) is 11.2. The summed E-state index contributed by atoms with van der Waals surface area (Å²) in [6.45, 7) is 14.4. The number of ether oxygens (including phenoxy) is 2. The van der Waals surface area contributed by atoms with Gasteiger partial charge in [0.15, 0.2) is 0 Å². The highest BCUT2D eigenvalue weighted by Gasteiger charge is 2.43. The smallest absolute Gasteiger partial charge is 0.306 e. The number of allylic oxidation sites excluding steroid dienone is 2. The summed E-state index contributed by atoms with van der Waals surface area (Å²) in [4.78, 5) is 57.1. The summed E-state index contributed by atoms with van der Waals surface area (Å²) in [6.07, 6.45) is 12.1. The number of hydrogen-bond donors (Lipinski definition) is 0. The lowest BCUT2D eigenvalue weighted by molar-refractivity contribution is -0.149. The normalized spacial score (nSPS) is 23.0. The summed E-state index contributed by atoms with van der Waals surface area (Å²) in [5, 5.41) is 0. The first-order chi connectivity index (χ1) is 32.0. The van der Waals surface area contributed by atoms with E-state index < -0.39 is 11.3 Å². The van der Waals surface area contributed by atoms with E-state index in [1.54, 1.807) is 19.2 Å². The fourth-order valence-corrected chi connectivity index (χ4v) is 11.2. The Hall–Kier alpha value is -5.42. The van der Waals surface area contributed by atoms with E-state index >= 15 is 0 Å². The molecule has 356 valence electrons. The molecule has 0 bridgehead atoms. The number of carbonyl (C=O) groups excluding carboxylic acids is 3. The molecular weight excluding hydrogens is 842 g/mol. The number of aliphatic imine (C=N–C) groups is 2. The molecule has 10 nitrogen and oxygen atoms in total. The number of halogens is 1. The maximum absolute atomic E-state index is 14.3. The first-order valence-corrected chi connectivity index (χ1v) is 24.5. The van der Waals surface area contributed by atoms with Crippen molar-refractivity contribution in [2.45, 2.75) is 130 Å². The molecule has 0 saturated carbocycles. The van der Waals surface area contributed by atoms with Gasteiger partial charge in [0.1, 0.15) is 5.82 Å². The minimum absolute atomic E-state index is 0.00283. The van der Waals surface area contributed by atoms with Gasteiger partial charge in [0.05, 0.1) is 55.0 Å². The van der Waals surface area contributed by atoms with Gasteiger partial charge in [0.2, 0.25) is 11.8 Å². The summed E-state index contributed by atoms with van der Waals surface area (Å²) < 4.78 is 24.7. The van der Waals surface area contributed by atoms with Crippen molar-refractivity contribution in [3.8, 4) is 0 Å². The van der Waals surface area contributed by atoms with Crippen LogP contribution in [0, 0.1) is 28.5 Å². The van der Waals surface area contributed by atoms with Crippen LogP contribution >= 0.6 is 0 Å². The Labute approximate surface area is 397 Å². The van der Waals surface area contributed by atoms with Gasteiger partial charge in [-0.1, -0.05) is 102 Å². The molecule has 6 atom stereocenters. The molecule has 8 rings (SSSR count). The van der Waals surface area contributed by atoms with Gasteiger partial charge in [-0.25, -0.2) is 4.39 Å². The van der Waals surface area contributed by atoms with Gasteiger partial charge in [-0.3, -0.25) is 24.4 Å². The molecule has 3 fully saturated rings. The molecular formula is C56H70FN5O5. The van der Waals surface area contributed by atoms with Crippen molar-refractivity contribution in [1.29, 1.82) is 0 Å². The molecule has 11 heteroatoms. The fraction of sp³-hybridized carbons (Fsp3) is 0.518. The molecule has 0 N–H and O–H groups in total. The summed E-state index contributed by atoms with van der Waals surface area (Å²) in [6, 6.07) is 24.4. The van der Waals surface area contributed by atoms with Gasteiger partial charge < -0.3 is 24.2 Å². The van der Waals surface area contributed by atoms with Crippen molar-refractivity contribution in [2.75, 3.05) is 38.8 Å². The lowest BCUT2D eigenvalue weighted by Gasteiger charge is -2.35. The molecule has 3 aromatic rings. The van der Waals surface area contributed by atoms with Crippen molar-refractivity contribution in [3.05, 3.63) is 113 Å². The summed E-state index contributed by atoms with van der Waals surface area (Å²) in [5.41, 5.74) is 8.84. The van der Waals surface area contributed by atoms with Crippen molar-refractivity contribution < 1.29 is 28.2 Å². The van der Waals surface area contributed by atoms with Crippen LogP contribution in [0.25, 0.3) is 11.4 Å². The number of methoxy groups -OCH3 is 2. The number of nitrogens with zero attached hydrogens (tertiary/aromatic N) is 5. The molecule has 0 radical (unpaired) electrons. The molecule has 0 aliphatic carbocycles. The van der Waals surface area contributed by atoms with Crippen molar-refractivity contribution in [1.82, 2.24) is 9.80 Å². The van der Waals surface area contributed by atoms with Crippen LogP contribution in [0.5, 0.6) is 0 Å². The van der Waals surface area contributed by atoms with Crippen LogP contribution in [0.2, 0.25) is 0 Å². The van der Waals surface area contributed by atoms with E-state index in [4.69, 9.17) is 19.5 Å². The molecule has 2 unspecified atom stereocenters. The van der Waals surface area contributed by atoms with Crippen molar-refractivity contribution in [2.24, 2.45) is 32.7 Å². The number of likely N-dealkylation sites (tertiary alicyclic amines) is 2. The van der Waals surface area contributed by atoms with Crippen LogP contribution in [-0.4, -0.2) is 85.0 Å². The third-order valence-corrected chi connectivity index (χ3v) is 15.0. The van der Waals surface area contributed by atoms with Gasteiger partial charge in [0.25, 0.3) is 0 Å². The Morgan fingerprint density at radius 2 is 1.10 bits per heavy atom. The number of amides is 2. The number of rotatable bonds is 14. The molecule has 3 aromatic carbocycles. The van der Waals surface area contributed by atoms with Crippen LogP contribution < -0.4 is 4.90 Å². The highest BCUT2D eigenvalue weighted by Crippen LogP contribution is 2.48. The highest BCUT2D eigenvalue weighted by molar-refractivity contribution is 6.02. The van der Waals surface area contributed by atoms with Crippen LogP contribution in [0.3, 0.4) is 0 Å². The molecule has 0 aromatic heterocycles. The first kappa shape index (κ1) is 48.1. The van der Waals surface area contributed by atoms with E-state index in [0.717, 1.165) is 91.1 Å². The van der Waals surface area contributed by atoms with Crippen molar-refractivity contribution in [3.63, 3.8) is 0 Å². The zero-order chi connectivity index (χ0) is 47.6. The molecule has 3 saturated heterocycles. The van der Waals surface area contributed by atoms with Gasteiger partial charge in [-0.05, 0) is 102 Å². The monoisotopic (exact) mass is 912 g/mol. The standard InChI is InChI=1S/C56H70FN5O5/c1-55(2,3)42(31-34-66-7)53(64)60-32-9-11-50(60)46-27-25-44(58-46)36-13-17-38(18-14-36)48-29-30-49(62(48)41-23-21-40(57)22-24-41)39-19-15-37(16-20-39)45-26-28-47(59-45)51-12-10-33-61(51)54(65)43(56(4,5)6)35-52(63)67-8/h13-26,42-43,48-51H,9-12,27-35H2,1-8H3/t42-,43-,48?,49?,50+,51+/m1/s1. The Balaban J connectivity index is 0.964.